The van der Waals surface area contributed by atoms with Gasteiger partial charge in [-0.3, -0.25) is 0 Å². The van der Waals surface area contributed by atoms with E-state index in [1.807, 2.05) is 0 Å². The van der Waals surface area contributed by atoms with Crippen molar-refractivity contribution in [1.29, 1.82) is 0 Å². The van der Waals surface area contributed by atoms with Crippen molar-refractivity contribution in [3.05, 3.63) is 18.5 Å². The van der Waals surface area contributed by atoms with E-state index in [2.05, 4.69) is 29.1 Å². The highest BCUT2D eigenvalue weighted by atomic mass is 16.5. The summed E-state index contributed by atoms with van der Waals surface area (Å²) in [6.07, 6.45) is 3.33. The molecule has 0 aliphatic heterocycles. The lowest BCUT2D eigenvalue weighted by Gasteiger charge is -2.07. The van der Waals surface area contributed by atoms with Crippen LogP contribution in [0.4, 0.5) is 0 Å². The molecule has 0 aromatic carbocycles. The highest BCUT2D eigenvalue weighted by molar-refractivity contribution is 4.92. The average Bonchev–Trinajstić information content (AvgIpc) is 2.14. The minimum Gasteiger partial charge on any atom is -0.462 e. The molecule has 1 heterocycles. The lowest BCUT2D eigenvalue weighted by Crippen LogP contribution is -2.27. The highest BCUT2D eigenvalue weighted by Gasteiger charge is 1.95. The first-order valence-electron chi connectivity index (χ1n) is 4.42. The number of aromatic nitrogens is 2. The van der Waals surface area contributed by atoms with Crippen molar-refractivity contribution >= 4 is 0 Å². The fraction of sp³-hybridized carbons (Fsp3) is 0.556. The van der Waals surface area contributed by atoms with Gasteiger partial charge in [0, 0.05) is 25.0 Å². The number of hydrogen-bond acceptors (Lipinski definition) is 4. The van der Waals surface area contributed by atoms with Gasteiger partial charge in [0.25, 0.3) is 0 Å². The largest absolute Gasteiger partial charge is 0.462 e. The summed E-state index contributed by atoms with van der Waals surface area (Å²) in [4.78, 5) is 7.87. The third kappa shape index (κ3) is 4.42. The Morgan fingerprint density at radius 3 is 2.69 bits per heavy atom. The van der Waals surface area contributed by atoms with Crippen LogP contribution in [0, 0.1) is 0 Å². The Morgan fingerprint density at radius 2 is 2.08 bits per heavy atom. The fourth-order valence-electron chi connectivity index (χ4n) is 0.850. The van der Waals surface area contributed by atoms with E-state index in [0.29, 0.717) is 18.7 Å². The van der Waals surface area contributed by atoms with Crippen molar-refractivity contribution in [3.63, 3.8) is 0 Å². The van der Waals surface area contributed by atoms with Gasteiger partial charge in [-0.2, -0.15) is 0 Å². The number of rotatable bonds is 5. The third-order valence-corrected chi connectivity index (χ3v) is 1.43. The van der Waals surface area contributed by atoms with Gasteiger partial charge in [0.1, 0.15) is 6.61 Å². The Balaban J connectivity index is 2.13. The van der Waals surface area contributed by atoms with Crippen LogP contribution in [0.3, 0.4) is 0 Å². The molecule has 1 aromatic heterocycles. The zero-order valence-electron chi connectivity index (χ0n) is 8.03. The molecule has 0 bridgehead atoms. The lowest BCUT2D eigenvalue weighted by atomic mass is 10.4. The summed E-state index contributed by atoms with van der Waals surface area (Å²) in [5.41, 5.74) is 0. The van der Waals surface area contributed by atoms with Gasteiger partial charge in [0.05, 0.1) is 0 Å². The fourth-order valence-corrected chi connectivity index (χ4v) is 0.850. The van der Waals surface area contributed by atoms with E-state index in [4.69, 9.17) is 4.74 Å². The van der Waals surface area contributed by atoms with E-state index < -0.39 is 0 Å². The molecule has 0 saturated heterocycles. The summed E-state index contributed by atoms with van der Waals surface area (Å²) >= 11 is 0. The SMILES string of the molecule is CC(C)NCCOc1ncccn1. The Kier molecular flexibility index (Phi) is 4.18. The molecule has 0 aliphatic carbocycles. The summed E-state index contributed by atoms with van der Waals surface area (Å²) in [7, 11) is 0. The standard InChI is InChI=1S/C9H15N3O/c1-8(2)10-6-7-13-9-11-4-3-5-12-9/h3-5,8,10H,6-7H2,1-2H3. The minimum atomic E-state index is 0.438. The quantitative estimate of drug-likeness (QED) is 0.684. The molecule has 0 fully saturated rings. The topological polar surface area (TPSA) is 47.0 Å². The molecular weight excluding hydrogens is 166 g/mol. The molecule has 13 heavy (non-hydrogen) atoms. The second-order valence-corrected chi connectivity index (χ2v) is 2.99. The van der Waals surface area contributed by atoms with Gasteiger partial charge in [0.2, 0.25) is 0 Å². The summed E-state index contributed by atoms with van der Waals surface area (Å²) in [5.74, 6) is 0. The normalized spacial score (nSPS) is 10.4. The van der Waals surface area contributed by atoms with Crippen molar-refractivity contribution in [2.45, 2.75) is 19.9 Å². The molecule has 0 amide bonds. The zero-order valence-corrected chi connectivity index (χ0v) is 8.03. The van der Waals surface area contributed by atoms with Crippen molar-refractivity contribution in [3.8, 4) is 6.01 Å². The Labute approximate surface area is 78.4 Å². The minimum absolute atomic E-state index is 0.438. The van der Waals surface area contributed by atoms with Gasteiger partial charge < -0.3 is 10.1 Å². The van der Waals surface area contributed by atoms with E-state index in [0.717, 1.165) is 6.54 Å². The maximum Gasteiger partial charge on any atom is 0.316 e. The number of nitrogens with one attached hydrogen (secondary N) is 1. The highest BCUT2D eigenvalue weighted by Crippen LogP contribution is 1.95. The second-order valence-electron chi connectivity index (χ2n) is 2.99. The third-order valence-electron chi connectivity index (χ3n) is 1.43. The monoisotopic (exact) mass is 181 g/mol. The summed E-state index contributed by atoms with van der Waals surface area (Å²) in [6.45, 7) is 5.61. The smallest absolute Gasteiger partial charge is 0.316 e. The summed E-state index contributed by atoms with van der Waals surface area (Å²) in [5, 5.41) is 3.24. The van der Waals surface area contributed by atoms with Crippen molar-refractivity contribution in [1.82, 2.24) is 15.3 Å². The van der Waals surface area contributed by atoms with Crippen LogP contribution in [-0.4, -0.2) is 29.2 Å². The van der Waals surface area contributed by atoms with Gasteiger partial charge in [-0.25, -0.2) is 9.97 Å². The molecule has 0 saturated carbocycles. The van der Waals surface area contributed by atoms with Crippen LogP contribution < -0.4 is 10.1 Å². The van der Waals surface area contributed by atoms with Gasteiger partial charge in [0.15, 0.2) is 0 Å². The molecule has 0 aliphatic rings. The Hall–Kier alpha value is -1.16. The predicted molar refractivity (Wildman–Crippen MR) is 50.7 cm³/mol. The first-order chi connectivity index (χ1) is 6.29. The van der Waals surface area contributed by atoms with E-state index in [-0.39, 0.29) is 0 Å². The van der Waals surface area contributed by atoms with Gasteiger partial charge >= 0.3 is 6.01 Å². The molecule has 0 radical (unpaired) electrons. The van der Waals surface area contributed by atoms with E-state index in [1.54, 1.807) is 18.5 Å². The molecular formula is C9H15N3O. The Morgan fingerprint density at radius 1 is 1.38 bits per heavy atom. The average molecular weight is 181 g/mol. The van der Waals surface area contributed by atoms with Crippen LogP contribution >= 0.6 is 0 Å². The van der Waals surface area contributed by atoms with Crippen LogP contribution in [-0.2, 0) is 0 Å². The zero-order chi connectivity index (χ0) is 9.52. The molecule has 4 heteroatoms. The molecule has 0 atom stereocenters. The number of nitrogens with zero attached hydrogens (tertiary/aromatic N) is 2. The molecule has 1 rings (SSSR count). The van der Waals surface area contributed by atoms with Crippen molar-refractivity contribution < 1.29 is 4.74 Å². The van der Waals surface area contributed by atoms with E-state index >= 15 is 0 Å². The van der Waals surface area contributed by atoms with Gasteiger partial charge in [-0.1, -0.05) is 13.8 Å². The number of ether oxygens (including phenoxy) is 1. The van der Waals surface area contributed by atoms with E-state index in [1.165, 1.54) is 0 Å². The maximum absolute atomic E-state index is 5.27. The van der Waals surface area contributed by atoms with Crippen molar-refractivity contribution in [2.75, 3.05) is 13.2 Å². The summed E-state index contributed by atoms with van der Waals surface area (Å²) in [6, 6.07) is 2.69. The molecule has 0 unspecified atom stereocenters. The molecule has 1 N–H and O–H groups in total. The van der Waals surface area contributed by atoms with Gasteiger partial charge in [-0.05, 0) is 6.07 Å². The molecule has 0 spiro atoms. The summed E-state index contributed by atoms with van der Waals surface area (Å²) < 4.78 is 5.27. The van der Waals surface area contributed by atoms with Crippen LogP contribution in [0.2, 0.25) is 0 Å². The number of hydrogen-bond donors (Lipinski definition) is 1. The van der Waals surface area contributed by atoms with Crippen LogP contribution in [0.25, 0.3) is 0 Å². The van der Waals surface area contributed by atoms with Crippen LogP contribution in [0.5, 0.6) is 6.01 Å². The lowest BCUT2D eigenvalue weighted by molar-refractivity contribution is 0.286. The van der Waals surface area contributed by atoms with Crippen LogP contribution in [0.1, 0.15) is 13.8 Å². The molecule has 1 aromatic rings. The Bertz CT molecular complexity index is 226. The second kappa shape index (κ2) is 5.48. The first kappa shape index (κ1) is 9.92. The van der Waals surface area contributed by atoms with Gasteiger partial charge in [-0.15, -0.1) is 0 Å². The van der Waals surface area contributed by atoms with Crippen molar-refractivity contribution in [2.24, 2.45) is 0 Å². The van der Waals surface area contributed by atoms with E-state index in [9.17, 15) is 0 Å². The first-order valence-corrected chi connectivity index (χ1v) is 4.42. The van der Waals surface area contributed by atoms with Crippen LogP contribution in [0.15, 0.2) is 18.5 Å². The maximum atomic E-state index is 5.27. The molecule has 72 valence electrons. The molecule has 4 nitrogen and oxygen atoms in total. The predicted octanol–water partition coefficient (Wildman–Crippen LogP) is 0.853.